The SMILES string of the molecule is Cc1cccc(NC(=O)/C=C2\Sc3ccccc3NC2=O)c1. The van der Waals surface area contributed by atoms with Gasteiger partial charge in [-0.3, -0.25) is 9.59 Å². The van der Waals surface area contributed by atoms with Crippen LogP contribution in [0.5, 0.6) is 0 Å². The highest BCUT2D eigenvalue weighted by Crippen LogP contribution is 2.37. The Labute approximate surface area is 132 Å². The van der Waals surface area contributed by atoms with Gasteiger partial charge in [-0.1, -0.05) is 36.0 Å². The van der Waals surface area contributed by atoms with Gasteiger partial charge in [-0.05, 0) is 36.8 Å². The molecule has 0 aliphatic carbocycles. The van der Waals surface area contributed by atoms with E-state index in [2.05, 4.69) is 10.6 Å². The Bertz CT molecular complexity index is 784. The van der Waals surface area contributed by atoms with Crippen molar-refractivity contribution in [2.24, 2.45) is 0 Å². The van der Waals surface area contributed by atoms with Crippen LogP contribution in [0.15, 0.2) is 64.4 Å². The molecule has 2 aromatic carbocycles. The molecule has 0 unspecified atom stereocenters. The molecule has 4 nitrogen and oxygen atoms in total. The van der Waals surface area contributed by atoms with E-state index in [1.54, 1.807) is 0 Å². The summed E-state index contributed by atoms with van der Waals surface area (Å²) in [6.07, 6.45) is 1.33. The van der Waals surface area contributed by atoms with Crippen molar-refractivity contribution in [3.8, 4) is 0 Å². The molecular formula is C17H14N2O2S. The van der Waals surface area contributed by atoms with E-state index in [0.29, 0.717) is 10.6 Å². The van der Waals surface area contributed by atoms with E-state index in [4.69, 9.17) is 0 Å². The zero-order valence-corrected chi connectivity index (χ0v) is 12.7. The van der Waals surface area contributed by atoms with Crippen LogP contribution in [0.2, 0.25) is 0 Å². The van der Waals surface area contributed by atoms with E-state index in [9.17, 15) is 9.59 Å². The number of hydrogen-bond donors (Lipinski definition) is 2. The summed E-state index contributed by atoms with van der Waals surface area (Å²) in [5.74, 6) is -0.578. The number of aryl methyl sites for hydroxylation is 1. The van der Waals surface area contributed by atoms with E-state index in [1.165, 1.54) is 17.8 Å². The number of anilines is 2. The highest BCUT2D eigenvalue weighted by Gasteiger charge is 2.21. The third-order valence-corrected chi connectivity index (χ3v) is 4.23. The fourth-order valence-electron chi connectivity index (χ4n) is 2.12. The Morgan fingerprint density at radius 3 is 2.82 bits per heavy atom. The number of carbonyl (C=O) groups is 2. The number of amides is 2. The molecule has 0 bridgehead atoms. The maximum absolute atomic E-state index is 12.1. The Morgan fingerprint density at radius 1 is 1.18 bits per heavy atom. The lowest BCUT2D eigenvalue weighted by Crippen LogP contribution is -2.19. The molecule has 22 heavy (non-hydrogen) atoms. The maximum Gasteiger partial charge on any atom is 0.262 e. The Balaban J connectivity index is 1.77. The number of thioether (sulfide) groups is 1. The Morgan fingerprint density at radius 2 is 2.00 bits per heavy atom. The summed E-state index contributed by atoms with van der Waals surface area (Å²) in [4.78, 5) is 25.4. The Kier molecular flexibility index (Phi) is 3.98. The largest absolute Gasteiger partial charge is 0.322 e. The molecule has 2 amide bonds. The summed E-state index contributed by atoms with van der Waals surface area (Å²) < 4.78 is 0. The second-order valence-electron chi connectivity index (χ2n) is 4.92. The standard InChI is InChI=1S/C17H14N2O2S/c1-11-5-4-6-12(9-11)18-16(20)10-15-17(21)19-13-7-2-3-8-14(13)22-15/h2-10H,1H3,(H,18,20)(H,19,21)/b15-10-. The minimum atomic E-state index is -0.317. The molecule has 0 atom stereocenters. The topological polar surface area (TPSA) is 58.2 Å². The van der Waals surface area contributed by atoms with Crippen LogP contribution in [0, 0.1) is 6.92 Å². The lowest BCUT2D eigenvalue weighted by atomic mass is 10.2. The van der Waals surface area contributed by atoms with E-state index < -0.39 is 0 Å². The van der Waals surface area contributed by atoms with Crippen molar-refractivity contribution in [1.82, 2.24) is 0 Å². The summed E-state index contributed by atoms with van der Waals surface area (Å²) in [6, 6.07) is 15.0. The van der Waals surface area contributed by atoms with Crippen molar-refractivity contribution in [2.75, 3.05) is 10.6 Å². The second kappa shape index (κ2) is 6.07. The van der Waals surface area contributed by atoms with Gasteiger partial charge in [0.15, 0.2) is 0 Å². The van der Waals surface area contributed by atoms with Crippen LogP contribution >= 0.6 is 11.8 Å². The fourth-order valence-corrected chi connectivity index (χ4v) is 3.05. The maximum atomic E-state index is 12.1. The van der Waals surface area contributed by atoms with Gasteiger partial charge in [0, 0.05) is 16.7 Å². The van der Waals surface area contributed by atoms with Gasteiger partial charge in [-0.2, -0.15) is 0 Å². The van der Waals surface area contributed by atoms with Gasteiger partial charge in [0.25, 0.3) is 5.91 Å². The smallest absolute Gasteiger partial charge is 0.262 e. The minimum Gasteiger partial charge on any atom is -0.322 e. The molecule has 1 heterocycles. The number of benzene rings is 2. The van der Waals surface area contributed by atoms with Gasteiger partial charge in [0.05, 0.1) is 10.6 Å². The zero-order valence-electron chi connectivity index (χ0n) is 11.9. The molecule has 5 heteroatoms. The molecular weight excluding hydrogens is 296 g/mol. The molecule has 0 saturated carbocycles. The molecule has 2 aromatic rings. The van der Waals surface area contributed by atoms with Crippen LogP contribution < -0.4 is 10.6 Å². The van der Waals surface area contributed by atoms with Crippen LogP contribution in [0.4, 0.5) is 11.4 Å². The number of rotatable bonds is 2. The first-order valence-electron chi connectivity index (χ1n) is 6.79. The molecule has 3 rings (SSSR count). The number of nitrogens with one attached hydrogen (secondary N) is 2. The monoisotopic (exact) mass is 310 g/mol. The summed E-state index contributed by atoms with van der Waals surface area (Å²) in [7, 11) is 0. The number of para-hydroxylation sites is 1. The average molecular weight is 310 g/mol. The second-order valence-corrected chi connectivity index (χ2v) is 6.00. The third kappa shape index (κ3) is 3.20. The summed E-state index contributed by atoms with van der Waals surface area (Å²) in [5, 5.41) is 5.55. The average Bonchev–Trinajstić information content (AvgIpc) is 2.48. The Hall–Kier alpha value is -2.53. The van der Waals surface area contributed by atoms with Gasteiger partial charge >= 0.3 is 0 Å². The van der Waals surface area contributed by atoms with Gasteiger partial charge in [-0.25, -0.2) is 0 Å². The number of hydrogen-bond acceptors (Lipinski definition) is 3. The van der Waals surface area contributed by atoms with Gasteiger partial charge in [0.1, 0.15) is 0 Å². The summed E-state index contributed by atoms with van der Waals surface area (Å²) in [5.41, 5.74) is 2.54. The molecule has 0 spiro atoms. The summed E-state index contributed by atoms with van der Waals surface area (Å²) in [6.45, 7) is 1.95. The van der Waals surface area contributed by atoms with Gasteiger partial charge in [-0.15, -0.1) is 0 Å². The van der Waals surface area contributed by atoms with Gasteiger partial charge in [0.2, 0.25) is 5.91 Å². The van der Waals surface area contributed by atoms with E-state index >= 15 is 0 Å². The number of fused-ring (bicyclic) bond motifs is 1. The molecule has 1 aliphatic heterocycles. The first-order valence-corrected chi connectivity index (χ1v) is 7.61. The molecule has 0 aromatic heterocycles. The lowest BCUT2D eigenvalue weighted by molar-refractivity contribution is -0.114. The van der Waals surface area contributed by atoms with Crippen LogP contribution in [-0.2, 0) is 9.59 Å². The minimum absolute atomic E-state index is 0.261. The molecule has 1 aliphatic rings. The predicted molar refractivity (Wildman–Crippen MR) is 88.8 cm³/mol. The fraction of sp³-hybridized carbons (Fsp3) is 0.0588. The molecule has 0 radical (unpaired) electrons. The van der Waals surface area contributed by atoms with Crippen molar-refractivity contribution in [1.29, 1.82) is 0 Å². The van der Waals surface area contributed by atoms with Crippen LogP contribution in [0.1, 0.15) is 5.56 Å². The van der Waals surface area contributed by atoms with Crippen molar-refractivity contribution in [3.63, 3.8) is 0 Å². The highest BCUT2D eigenvalue weighted by atomic mass is 32.2. The first-order chi connectivity index (χ1) is 10.6. The molecule has 110 valence electrons. The van der Waals surface area contributed by atoms with E-state index in [1.807, 2.05) is 55.5 Å². The van der Waals surface area contributed by atoms with Gasteiger partial charge < -0.3 is 10.6 Å². The van der Waals surface area contributed by atoms with Crippen molar-refractivity contribution < 1.29 is 9.59 Å². The van der Waals surface area contributed by atoms with Crippen LogP contribution in [-0.4, -0.2) is 11.8 Å². The first kappa shape index (κ1) is 14.4. The molecule has 0 saturated heterocycles. The van der Waals surface area contributed by atoms with Crippen LogP contribution in [0.25, 0.3) is 0 Å². The zero-order chi connectivity index (χ0) is 15.5. The normalized spacial score (nSPS) is 15.1. The molecule has 0 fully saturated rings. The highest BCUT2D eigenvalue weighted by molar-refractivity contribution is 8.04. The number of carbonyl (C=O) groups excluding carboxylic acids is 2. The van der Waals surface area contributed by atoms with Crippen molar-refractivity contribution in [3.05, 3.63) is 65.1 Å². The van der Waals surface area contributed by atoms with Crippen molar-refractivity contribution >= 4 is 35.0 Å². The van der Waals surface area contributed by atoms with Crippen molar-refractivity contribution in [2.45, 2.75) is 11.8 Å². The molecule has 2 N–H and O–H groups in total. The third-order valence-electron chi connectivity index (χ3n) is 3.13. The predicted octanol–water partition coefficient (Wildman–Crippen LogP) is 3.56. The van der Waals surface area contributed by atoms with E-state index in [0.717, 1.165) is 16.1 Å². The van der Waals surface area contributed by atoms with Crippen LogP contribution in [0.3, 0.4) is 0 Å². The lowest BCUT2D eigenvalue weighted by Gasteiger charge is -2.18. The quantitative estimate of drug-likeness (QED) is 0.834. The van der Waals surface area contributed by atoms with E-state index in [-0.39, 0.29) is 11.8 Å². The summed E-state index contributed by atoms with van der Waals surface area (Å²) >= 11 is 1.30.